The summed E-state index contributed by atoms with van der Waals surface area (Å²) < 4.78 is 0. The largest absolute Gasteiger partial charge is 0.359 e. The van der Waals surface area contributed by atoms with E-state index < -0.39 is 0 Å². The van der Waals surface area contributed by atoms with Gasteiger partial charge in [0.25, 0.3) is 0 Å². The van der Waals surface area contributed by atoms with Gasteiger partial charge in [-0.15, -0.1) is 0 Å². The van der Waals surface area contributed by atoms with Crippen molar-refractivity contribution in [3.63, 3.8) is 0 Å². The van der Waals surface area contributed by atoms with Crippen LogP contribution < -0.4 is 10.6 Å². The molecule has 0 aliphatic rings. The number of nitrogens with one attached hydrogen (secondary N) is 2. The van der Waals surface area contributed by atoms with Crippen LogP contribution in [0.25, 0.3) is 0 Å². The van der Waals surface area contributed by atoms with Gasteiger partial charge < -0.3 is 10.6 Å². The van der Waals surface area contributed by atoms with Crippen LogP contribution in [0.15, 0.2) is 29.3 Å². The topological polar surface area (TPSA) is 36.4 Å². The van der Waals surface area contributed by atoms with E-state index in [0.29, 0.717) is 0 Å². The molecule has 0 radical (unpaired) electrons. The fraction of sp³-hybridized carbons (Fsp3) is 0.500. The summed E-state index contributed by atoms with van der Waals surface area (Å²) in [6.07, 6.45) is 0. The van der Waals surface area contributed by atoms with Gasteiger partial charge in [-0.25, -0.2) is 0 Å². The summed E-state index contributed by atoms with van der Waals surface area (Å²) in [4.78, 5) is 4.12. The van der Waals surface area contributed by atoms with Crippen molar-refractivity contribution in [2.24, 2.45) is 4.99 Å². The van der Waals surface area contributed by atoms with Crippen LogP contribution in [-0.2, 0) is 5.41 Å². The minimum atomic E-state index is 0.0815. The number of nitrogens with zero attached hydrogens (tertiary/aromatic N) is 1. The average Bonchev–Trinajstić information content (AvgIpc) is 2.30. The lowest BCUT2D eigenvalue weighted by Crippen LogP contribution is -2.42. The zero-order chi connectivity index (χ0) is 12.9. The predicted molar refractivity (Wildman–Crippen MR) is 74.6 cm³/mol. The summed E-state index contributed by atoms with van der Waals surface area (Å²) >= 11 is 0. The molecule has 0 fully saturated rings. The molecule has 0 aliphatic heterocycles. The van der Waals surface area contributed by atoms with Crippen LogP contribution in [0.4, 0.5) is 0 Å². The van der Waals surface area contributed by atoms with Gasteiger partial charge in [0.05, 0.1) is 0 Å². The van der Waals surface area contributed by atoms with E-state index in [1.54, 1.807) is 7.05 Å². The first-order valence-electron chi connectivity index (χ1n) is 5.96. The quantitative estimate of drug-likeness (QED) is 0.619. The molecule has 0 saturated heterocycles. The maximum absolute atomic E-state index is 4.12. The molecule has 0 spiro atoms. The summed E-state index contributed by atoms with van der Waals surface area (Å²) in [5.74, 6) is 0.826. The SMILES string of the molecule is CN=C(NC)NCC(C)(C)c1ccccc1C. The first-order valence-corrected chi connectivity index (χ1v) is 5.96. The Morgan fingerprint density at radius 3 is 2.47 bits per heavy atom. The minimum absolute atomic E-state index is 0.0815. The van der Waals surface area contributed by atoms with E-state index in [4.69, 9.17) is 0 Å². The number of aryl methyl sites for hydroxylation is 1. The second-order valence-corrected chi connectivity index (χ2v) is 4.87. The Bertz CT molecular complexity index is 394. The van der Waals surface area contributed by atoms with Gasteiger partial charge in [0.2, 0.25) is 0 Å². The van der Waals surface area contributed by atoms with Gasteiger partial charge in [0.1, 0.15) is 0 Å². The normalized spacial score (nSPS) is 12.4. The lowest BCUT2D eigenvalue weighted by Gasteiger charge is -2.28. The molecule has 0 unspecified atom stereocenters. The highest BCUT2D eigenvalue weighted by molar-refractivity contribution is 5.79. The Morgan fingerprint density at radius 2 is 1.94 bits per heavy atom. The highest BCUT2D eigenvalue weighted by Crippen LogP contribution is 2.25. The van der Waals surface area contributed by atoms with Gasteiger partial charge in [-0.2, -0.15) is 0 Å². The fourth-order valence-electron chi connectivity index (χ4n) is 2.01. The number of benzene rings is 1. The van der Waals surface area contributed by atoms with E-state index in [0.717, 1.165) is 12.5 Å². The highest BCUT2D eigenvalue weighted by atomic mass is 15.2. The van der Waals surface area contributed by atoms with Crippen molar-refractivity contribution in [1.82, 2.24) is 10.6 Å². The second-order valence-electron chi connectivity index (χ2n) is 4.87. The molecule has 0 aromatic heterocycles. The molecular formula is C14H23N3. The van der Waals surface area contributed by atoms with Crippen LogP contribution >= 0.6 is 0 Å². The Kier molecular flexibility index (Phi) is 4.55. The summed E-state index contributed by atoms with van der Waals surface area (Å²) in [5.41, 5.74) is 2.79. The highest BCUT2D eigenvalue weighted by Gasteiger charge is 2.22. The first-order chi connectivity index (χ1) is 8.01. The van der Waals surface area contributed by atoms with Crippen LogP contribution in [0.5, 0.6) is 0 Å². The smallest absolute Gasteiger partial charge is 0.190 e. The van der Waals surface area contributed by atoms with Gasteiger partial charge in [0.15, 0.2) is 5.96 Å². The molecule has 0 aliphatic carbocycles. The third-order valence-corrected chi connectivity index (χ3v) is 3.03. The average molecular weight is 233 g/mol. The van der Waals surface area contributed by atoms with Crippen LogP contribution in [0.1, 0.15) is 25.0 Å². The lowest BCUT2D eigenvalue weighted by atomic mass is 9.82. The van der Waals surface area contributed by atoms with Crippen LogP contribution in [0.3, 0.4) is 0 Å². The number of hydrogen-bond donors (Lipinski definition) is 2. The number of guanidine groups is 1. The molecule has 17 heavy (non-hydrogen) atoms. The first kappa shape index (κ1) is 13.6. The van der Waals surface area contributed by atoms with Gasteiger partial charge in [0, 0.05) is 26.1 Å². The van der Waals surface area contributed by atoms with E-state index in [1.807, 2.05) is 7.05 Å². The van der Waals surface area contributed by atoms with Crippen molar-refractivity contribution >= 4 is 5.96 Å². The monoisotopic (exact) mass is 233 g/mol. The summed E-state index contributed by atoms with van der Waals surface area (Å²) in [6.45, 7) is 7.49. The van der Waals surface area contributed by atoms with E-state index in [1.165, 1.54) is 11.1 Å². The molecule has 1 rings (SSSR count). The predicted octanol–water partition coefficient (Wildman–Crippen LogP) is 2.07. The third-order valence-electron chi connectivity index (χ3n) is 3.03. The van der Waals surface area contributed by atoms with Crippen molar-refractivity contribution < 1.29 is 0 Å². The Morgan fingerprint density at radius 1 is 1.29 bits per heavy atom. The molecule has 0 amide bonds. The summed E-state index contributed by atoms with van der Waals surface area (Å²) in [5, 5.41) is 6.35. The second kappa shape index (κ2) is 5.71. The fourth-order valence-corrected chi connectivity index (χ4v) is 2.01. The third kappa shape index (κ3) is 3.48. The zero-order valence-corrected chi connectivity index (χ0v) is 11.5. The molecule has 1 aromatic carbocycles. The number of hydrogen-bond acceptors (Lipinski definition) is 1. The lowest BCUT2D eigenvalue weighted by molar-refractivity contribution is 0.507. The van der Waals surface area contributed by atoms with Crippen molar-refractivity contribution in [1.29, 1.82) is 0 Å². The molecular weight excluding hydrogens is 210 g/mol. The van der Waals surface area contributed by atoms with Crippen molar-refractivity contribution in [2.45, 2.75) is 26.2 Å². The van der Waals surface area contributed by atoms with Crippen LogP contribution in [0.2, 0.25) is 0 Å². The van der Waals surface area contributed by atoms with Gasteiger partial charge >= 0.3 is 0 Å². The number of rotatable bonds is 3. The summed E-state index contributed by atoms with van der Waals surface area (Å²) in [7, 11) is 3.65. The number of aliphatic imine (C=N–C) groups is 1. The molecule has 3 nitrogen and oxygen atoms in total. The summed E-state index contributed by atoms with van der Waals surface area (Å²) in [6, 6.07) is 8.52. The van der Waals surface area contributed by atoms with Crippen molar-refractivity contribution in [3.05, 3.63) is 35.4 Å². The van der Waals surface area contributed by atoms with E-state index in [9.17, 15) is 0 Å². The molecule has 0 bridgehead atoms. The molecule has 94 valence electrons. The Hall–Kier alpha value is -1.51. The minimum Gasteiger partial charge on any atom is -0.359 e. The molecule has 1 aromatic rings. The maximum atomic E-state index is 4.12. The van der Waals surface area contributed by atoms with Crippen molar-refractivity contribution in [2.75, 3.05) is 20.6 Å². The van der Waals surface area contributed by atoms with Gasteiger partial charge in [-0.1, -0.05) is 38.1 Å². The molecule has 3 heteroatoms. The Balaban J connectivity index is 2.79. The maximum Gasteiger partial charge on any atom is 0.190 e. The Labute approximate surface area is 104 Å². The molecule has 0 atom stereocenters. The molecule has 0 saturated carbocycles. The van der Waals surface area contributed by atoms with Crippen LogP contribution in [-0.4, -0.2) is 26.6 Å². The van der Waals surface area contributed by atoms with Gasteiger partial charge in [-0.3, -0.25) is 4.99 Å². The van der Waals surface area contributed by atoms with E-state index >= 15 is 0 Å². The van der Waals surface area contributed by atoms with Crippen LogP contribution in [0, 0.1) is 6.92 Å². The zero-order valence-electron chi connectivity index (χ0n) is 11.5. The van der Waals surface area contributed by atoms with Crippen molar-refractivity contribution in [3.8, 4) is 0 Å². The van der Waals surface area contributed by atoms with Gasteiger partial charge in [-0.05, 0) is 18.1 Å². The van der Waals surface area contributed by atoms with E-state index in [-0.39, 0.29) is 5.41 Å². The standard InChI is InChI=1S/C14H23N3/c1-11-8-6-7-9-12(11)14(2,3)10-17-13(15-4)16-5/h6-9H,10H2,1-5H3,(H2,15,16,17). The van der Waals surface area contributed by atoms with E-state index in [2.05, 4.69) is 60.7 Å². The molecule has 0 heterocycles. The molecule has 2 N–H and O–H groups in total.